The molecule has 2 fully saturated rings. The van der Waals surface area contributed by atoms with Crippen LogP contribution >= 0.6 is 11.6 Å². The summed E-state index contributed by atoms with van der Waals surface area (Å²) in [4.78, 5) is 27.3. The fourth-order valence-electron chi connectivity index (χ4n) is 3.77. The lowest BCUT2D eigenvalue weighted by atomic mass is 9.89. The molecule has 0 spiro atoms. The largest absolute Gasteiger partial charge is 0.482 e. The van der Waals surface area contributed by atoms with Gasteiger partial charge in [-0.3, -0.25) is 9.59 Å². The lowest BCUT2D eigenvalue weighted by Gasteiger charge is -2.44. The van der Waals surface area contributed by atoms with Gasteiger partial charge in [0.1, 0.15) is 12.6 Å². The molecule has 0 aromatic heterocycles. The third-order valence-corrected chi connectivity index (χ3v) is 5.66. The summed E-state index contributed by atoms with van der Waals surface area (Å²) in [6.45, 7) is 0.171. The monoisotopic (exact) mass is 422 g/mol. The van der Waals surface area contributed by atoms with Crippen LogP contribution in [0.1, 0.15) is 31.2 Å². The van der Waals surface area contributed by atoms with Gasteiger partial charge in [-0.2, -0.15) is 0 Å². The fourth-order valence-corrected chi connectivity index (χ4v) is 3.96. The van der Waals surface area contributed by atoms with Crippen molar-refractivity contribution in [3.05, 3.63) is 40.6 Å². The second-order valence-corrected chi connectivity index (χ2v) is 7.58. The van der Waals surface area contributed by atoms with Crippen LogP contribution in [0, 0.1) is 0 Å². The van der Waals surface area contributed by atoms with Gasteiger partial charge in [0, 0.05) is 19.2 Å². The van der Waals surface area contributed by atoms with Crippen LogP contribution in [0.2, 0.25) is 5.02 Å². The molecule has 1 saturated carbocycles. The molecule has 3 rings (SSSR count). The Morgan fingerprint density at radius 1 is 1.31 bits per heavy atom. The summed E-state index contributed by atoms with van der Waals surface area (Å²) in [5.41, 5.74) is 0.708. The Hall–Kier alpha value is -2.09. The first-order chi connectivity index (χ1) is 14.0. The zero-order valence-corrected chi connectivity index (χ0v) is 17.5. The van der Waals surface area contributed by atoms with E-state index in [-0.39, 0.29) is 42.8 Å². The van der Waals surface area contributed by atoms with Crippen molar-refractivity contribution >= 4 is 29.5 Å². The molecule has 7 nitrogen and oxygen atoms in total. The van der Waals surface area contributed by atoms with E-state index in [2.05, 4.69) is 5.32 Å². The SMILES string of the molecule is COC(CNC(=O)CN1C(=O)/C(=C\c2ccccc2Cl)OC2CCCCC21)OC. The lowest BCUT2D eigenvalue weighted by molar-refractivity contribution is -0.152. The Bertz CT molecular complexity index is 765. The first kappa shape index (κ1) is 21.6. The molecule has 1 aromatic rings. The van der Waals surface area contributed by atoms with Crippen LogP contribution in [0.5, 0.6) is 0 Å². The predicted octanol–water partition coefficient (Wildman–Crippen LogP) is 2.59. The maximum absolute atomic E-state index is 13.1. The molecule has 2 amide bonds. The minimum atomic E-state index is -0.530. The van der Waals surface area contributed by atoms with E-state index < -0.39 is 6.29 Å². The number of nitrogens with zero attached hydrogens (tertiary/aromatic N) is 1. The molecule has 1 N–H and O–H groups in total. The second-order valence-electron chi connectivity index (χ2n) is 7.18. The van der Waals surface area contributed by atoms with Crippen LogP contribution in [-0.4, -0.2) is 62.5 Å². The van der Waals surface area contributed by atoms with Crippen LogP contribution in [0.3, 0.4) is 0 Å². The van der Waals surface area contributed by atoms with E-state index in [0.717, 1.165) is 25.7 Å². The van der Waals surface area contributed by atoms with Gasteiger partial charge in [-0.1, -0.05) is 36.2 Å². The molecular formula is C21H27ClN2O5. The standard InChI is InChI=1S/C21H27ClN2O5/c1-27-20(28-2)12-23-19(25)13-24-16-9-5-6-10-17(16)29-18(21(24)26)11-14-7-3-4-8-15(14)22/h3-4,7-8,11,16-17,20H,5-6,9-10,12-13H2,1-2H3,(H,23,25)/b18-11+. The number of hydrogen-bond acceptors (Lipinski definition) is 5. The molecule has 29 heavy (non-hydrogen) atoms. The third-order valence-electron chi connectivity index (χ3n) is 5.32. The average Bonchev–Trinajstić information content (AvgIpc) is 2.73. The number of benzene rings is 1. The average molecular weight is 423 g/mol. The van der Waals surface area contributed by atoms with Crippen LogP contribution in [-0.2, 0) is 23.8 Å². The number of hydrogen-bond donors (Lipinski definition) is 1. The number of carbonyl (C=O) groups is 2. The van der Waals surface area contributed by atoms with Crippen molar-refractivity contribution in [2.24, 2.45) is 0 Å². The molecule has 0 radical (unpaired) electrons. The fraction of sp³-hybridized carbons (Fsp3) is 0.524. The maximum Gasteiger partial charge on any atom is 0.289 e. The van der Waals surface area contributed by atoms with Crippen LogP contribution in [0.4, 0.5) is 0 Å². The van der Waals surface area contributed by atoms with Gasteiger partial charge in [-0.15, -0.1) is 0 Å². The molecule has 1 heterocycles. The number of amides is 2. The van der Waals surface area contributed by atoms with Crippen LogP contribution in [0.15, 0.2) is 30.0 Å². The van der Waals surface area contributed by atoms with Crippen LogP contribution < -0.4 is 5.32 Å². The number of methoxy groups -OCH3 is 2. The third kappa shape index (κ3) is 5.29. The van der Waals surface area contributed by atoms with Gasteiger partial charge in [-0.05, 0) is 37.0 Å². The highest BCUT2D eigenvalue weighted by Gasteiger charge is 2.42. The predicted molar refractivity (Wildman–Crippen MR) is 109 cm³/mol. The maximum atomic E-state index is 13.1. The van der Waals surface area contributed by atoms with E-state index in [1.807, 2.05) is 18.2 Å². The number of halogens is 1. The normalized spacial score (nSPS) is 23.1. The minimum absolute atomic E-state index is 0.0383. The van der Waals surface area contributed by atoms with Crippen LogP contribution in [0.25, 0.3) is 6.08 Å². The Labute approximate surface area is 175 Å². The molecule has 2 atom stereocenters. The van der Waals surface area contributed by atoms with Crippen molar-refractivity contribution in [3.63, 3.8) is 0 Å². The number of nitrogens with one attached hydrogen (secondary N) is 1. The van der Waals surface area contributed by atoms with E-state index >= 15 is 0 Å². The molecular weight excluding hydrogens is 396 g/mol. The summed E-state index contributed by atoms with van der Waals surface area (Å²) in [7, 11) is 3.01. The Kier molecular flexibility index (Phi) is 7.52. The van der Waals surface area contributed by atoms with Crippen molar-refractivity contribution in [1.82, 2.24) is 10.2 Å². The second kappa shape index (κ2) is 10.1. The molecule has 1 saturated heterocycles. The molecule has 1 aliphatic heterocycles. The summed E-state index contributed by atoms with van der Waals surface area (Å²) in [5.74, 6) is -0.334. The highest BCUT2D eigenvalue weighted by molar-refractivity contribution is 6.32. The van der Waals surface area contributed by atoms with Crippen molar-refractivity contribution in [1.29, 1.82) is 0 Å². The highest BCUT2D eigenvalue weighted by Crippen LogP contribution is 2.33. The molecule has 2 aliphatic rings. The number of rotatable bonds is 7. The Morgan fingerprint density at radius 3 is 2.76 bits per heavy atom. The lowest BCUT2D eigenvalue weighted by Crippen LogP contribution is -2.57. The van der Waals surface area contributed by atoms with E-state index in [1.165, 1.54) is 14.2 Å². The molecule has 1 aliphatic carbocycles. The van der Waals surface area contributed by atoms with Gasteiger partial charge >= 0.3 is 0 Å². The highest BCUT2D eigenvalue weighted by atomic mass is 35.5. The zero-order chi connectivity index (χ0) is 20.8. The van der Waals surface area contributed by atoms with Gasteiger partial charge < -0.3 is 24.4 Å². The quantitative estimate of drug-likeness (QED) is 0.540. The number of carbonyl (C=O) groups excluding carboxylic acids is 2. The molecule has 2 unspecified atom stereocenters. The summed E-state index contributed by atoms with van der Waals surface area (Å²) in [6, 6.07) is 7.16. The molecule has 158 valence electrons. The molecule has 0 bridgehead atoms. The molecule has 8 heteroatoms. The van der Waals surface area contributed by atoms with E-state index in [4.69, 9.17) is 25.8 Å². The van der Waals surface area contributed by atoms with E-state index in [9.17, 15) is 9.59 Å². The Balaban J connectivity index is 1.77. The first-order valence-electron chi connectivity index (χ1n) is 9.79. The van der Waals surface area contributed by atoms with Gasteiger partial charge in [-0.25, -0.2) is 0 Å². The molecule has 1 aromatic carbocycles. The van der Waals surface area contributed by atoms with E-state index in [0.29, 0.717) is 10.6 Å². The Morgan fingerprint density at radius 2 is 2.03 bits per heavy atom. The van der Waals surface area contributed by atoms with Crippen molar-refractivity contribution in [2.45, 2.75) is 44.1 Å². The number of morpholine rings is 1. The van der Waals surface area contributed by atoms with Gasteiger partial charge in [0.05, 0.1) is 12.6 Å². The van der Waals surface area contributed by atoms with Gasteiger partial charge in [0.2, 0.25) is 5.91 Å². The van der Waals surface area contributed by atoms with Crippen molar-refractivity contribution in [3.8, 4) is 0 Å². The van der Waals surface area contributed by atoms with Gasteiger partial charge in [0.15, 0.2) is 12.0 Å². The summed E-state index contributed by atoms with van der Waals surface area (Å²) in [6.07, 6.45) is 4.73. The topological polar surface area (TPSA) is 77.1 Å². The number of ether oxygens (including phenoxy) is 3. The van der Waals surface area contributed by atoms with Crippen molar-refractivity contribution in [2.75, 3.05) is 27.3 Å². The minimum Gasteiger partial charge on any atom is -0.482 e. The summed E-state index contributed by atoms with van der Waals surface area (Å²) < 4.78 is 16.2. The van der Waals surface area contributed by atoms with Crippen molar-refractivity contribution < 1.29 is 23.8 Å². The first-order valence-corrected chi connectivity index (χ1v) is 10.2. The van der Waals surface area contributed by atoms with Gasteiger partial charge in [0.25, 0.3) is 5.91 Å². The summed E-state index contributed by atoms with van der Waals surface area (Å²) >= 11 is 6.23. The zero-order valence-electron chi connectivity index (χ0n) is 16.7. The van der Waals surface area contributed by atoms with E-state index in [1.54, 1.807) is 17.0 Å². The number of fused-ring (bicyclic) bond motifs is 1. The smallest absolute Gasteiger partial charge is 0.289 e. The summed E-state index contributed by atoms with van der Waals surface area (Å²) in [5, 5.41) is 3.30.